The van der Waals surface area contributed by atoms with Crippen LogP contribution in [0.25, 0.3) is 22.3 Å². The molecule has 3 aromatic carbocycles. The van der Waals surface area contributed by atoms with Crippen molar-refractivity contribution in [2.75, 3.05) is 7.11 Å². The molecule has 0 spiro atoms. The second-order valence-electron chi connectivity index (χ2n) is 5.52. The van der Waals surface area contributed by atoms with Crippen LogP contribution in [0.1, 0.15) is 12.5 Å². The van der Waals surface area contributed by atoms with Gasteiger partial charge in [0.2, 0.25) is 0 Å². The van der Waals surface area contributed by atoms with Gasteiger partial charge in [0.05, 0.1) is 7.11 Å². The Balaban J connectivity index is 2.16. The molecule has 0 atom stereocenters. The number of hydrogen-bond donors (Lipinski definition) is 0. The molecule has 3 aromatic rings. The van der Waals surface area contributed by atoms with Crippen molar-refractivity contribution >= 4 is 0 Å². The average Bonchev–Trinajstić information content (AvgIpc) is 2.63. The molecule has 3 rings (SSSR count). The molecule has 0 radical (unpaired) electrons. The maximum Gasteiger partial charge on any atom is 0.131 e. The van der Waals surface area contributed by atoms with Gasteiger partial charge in [-0.1, -0.05) is 49.4 Å². The van der Waals surface area contributed by atoms with E-state index in [1.54, 1.807) is 24.3 Å². The Morgan fingerprint density at radius 3 is 1.92 bits per heavy atom. The van der Waals surface area contributed by atoms with E-state index in [0.717, 1.165) is 17.5 Å². The lowest BCUT2D eigenvalue weighted by Crippen LogP contribution is -1.96. The minimum atomic E-state index is -0.471. The third kappa shape index (κ3) is 2.90. The molecule has 0 heterocycles. The van der Waals surface area contributed by atoms with Crippen molar-refractivity contribution in [1.29, 1.82) is 0 Å². The summed E-state index contributed by atoms with van der Waals surface area (Å²) in [6.45, 7) is 2.00. The Hall–Kier alpha value is -2.68. The molecule has 0 unspecified atom stereocenters. The fraction of sp³-hybridized carbons (Fsp3) is 0.143. The maximum atomic E-state index is 14.7. The normalized spacial score (nSPS) is 10.7. The minimum absolute atomic E-state index is 0.197. The molecule has 0 saturated heterocycles. The first kappa shape index (κ1) is 16.2. The molecule has 0 saturated carbocycles. The standard InChI is InChI=1S/C21H18F2O/c1-3-14-8-4-5-9-15(14)17-12-20(23)18(13-19(17)22)16-10-6-7-11-21(16)24-2/h4-13H,3H2,1-2H3. The van der Waals surface area contributed by atoms with E-state index >= 15 is 0 Å². The monoisotopic (exact) mass is 324 g/mol. The Labute approximate surface area is 140 Å². The quantitative estimate of drug-likeness (QED) is 0.583. The lowest BCUT2D eigenvalue weighted by atomic mass is 9.94. The highest BCUT2D eigenvalue weighted by Gasteiger charge is 2.16. The lowest BCUT2D eigenvalue weighted by Gasteiger charge is -2.13. The highest BCUT2D eigenvalue weighted by Crippen LogP contribution is 2.36. The molecule has 0 aliphatic carbocycles. The van der Waals surface area contributed by atoms with Crippen LogP contribution in [0.2, 0.25) is 0 Å². The van der Waals surface area contributed by atoms with Crippen LogP contribution in [-0.4, -0.2) is 7.11 Å². The van der Waals surface area contributed by atoms with E-state index in [0.29, 0.717) is 11.3 Å². The van der Waals surface area contributed by atoms with Crippen LogP contribution in [0.15, 0.2) is 60.7 Å². The zero-order valence-corrected chi connectivity index (χ0v) is 13.6. The van der Waals surface area contributed by atoms with Crippen molar-refractivity contribution in [3.8, 4) is 28.0 Å². The van der Waals surface area contributed by atoms with Gasteiger partial charge in [-0.05, 0) is 35.7 Å². The van der Waals surface area contributed by atoms with Crippen LogP contribution in [0.4, 0.5) is 8.78 Å². The van der Waals surface area contributed by atoms with Gasteiger partial charge in [0.1, 0.15) is 17.4 Å². The van der Waals surface area contributed by atoms with Crippen LogP contribution in [0.5, 0.6) is 5.75 Å². The summed E-state index contributed by atoms with van der Waals surface area (Å²) in [6.07, 6.45) is 0.755. The SMILES string of the molecule is CCc1ccccc1-c1cc(F)c(-c2ccccc2OC)cc1F. The molecular weight excluding hydrogens is 306 g/mol. The Kier molecular flexibility index (Phi) is 4.61. The summed E-state index contributed by atoms with van der Waals surface area (Å²) in [4.78, 5) is 0. The van der Waals surface area contributed by atoms with Gasteiger partial charge in [-0.15, -0.1) is 0 Å². The number of methoxy groups -OCH3 is 1. The van der Waals surface area contributed by atoms with E-state index < -0.39 is 11.6 Å². The lowest BCUT2D eigenvalue weighted by molar-refractivity contribution is 0.416. The van der Waals surface area contributed by atoms with E-state index in [1.807, 2.05) is 31.2 Å². The van der Waals surface area contributed by atoms with E-state index in [1.165, 1.54) is 19.2 Å². The third-order valence-corrected chi connectivity index (χ3v) is 4.14. The van der Waals surface area contributed by atoms with Crippen LogP contribution in [0.3, 0.4) is 0 Å². The minimum Gasteiger partial charge on any atom is -0.496 e. The summed E-state index contributed by atoms with van der Waals surface area (Å²) in [5.74, 6) is -0.405. The van der Waals surface area contributed by atoms with Crippen molar-refractivity contribution in [2.45, 2.75) is 13.3 Å². The molecular formula is C21H18F2O. The summed E-state index contributed by atoms with van der Waals surface area (Å²) < 4.78 is 34.7. The number of halogens is 2. The van der Waals surface area contributed by atoms with Gasteiger partial charge in [-0.25, -0.2) is 8.78 Å². The first-order valence-corrected chi connectivity index (χ1v) is 7.86. The summed E-state index contributed by atoms with van der Waals surface area (Å²) in [7, 11) is 1.51. The second-order valence-corrected chi connectivity index (χ2v) is 5.52. The summed E-state index contributed by atoms with van der Waals surface area (Å²) >= 11 is 0. The zero-order valence-electron chi connectivity index (χ0n) is 13.6. The fourth-order valence-corrected chi connectivity index (χ4v) is 2.92. The van der Waals surface area contributed by atoms with Gasteiger partial charge in [0.15, 0.2) is 0 Å². The predicted molar refractivity (Wildman–Crippen MR) is 93.2 cm³/mol. The van der Waals surface area contributed by atoms with Gasteiger partial charge < -0.3 is 4.74 Å². The van der Waals surface area contributed by atoms with Gasteiger partial charge in [-0.2, -0.15) is 0 Å². The molecule has 0 bridgehead atoms. The number of ether oxygens (including phenoxy) is 1. The largest absolute Gasteiger partial charge is 0.496 e. The molecule has 0 aliphatic heterocycles. The molecule has 3 heteroatoms. The Bertz CT molecular complexity index is 798. The number of rotatable bonds is 4. The van der Waals surface area contributed by atoms with Crippen LogP contribution in [0, 0.1) is 11.6 Å². The van der Waals surface area contributed by atoms with Gasteiger partial charge in [-0.3, -0.25) is 0 Å². The molecule has 122 valence electrons. The number of para-hydroxylation sites is 1. The van der Waals surface area contributed by atoms with Crippen LogP contribution in [-0.2, 0) is 6.42 Å². The van der Waals surface area contributed by atoms with Crippen LogP contribution >= 0.6 is 0 Å². The first-order chi connectivity index (χ1) is 11.7. The maximum absolute atomic E-state index is 14.7. The molecule has 0 fully saturated rings. The number of aryl methyl sites for hydroxylation is 1. The molecule has 24 heavy (non-hydrogen) atoms. The average molecular weight is 324 g/mol. The predicted octanol–water partition coefficient (Wildman–Crippen LogP) is 5.87. The first-order valence-electron chi connectivity index (χ1n) is 7.86. The Morgan fingerprint density at radius 2 is 1.29 bits per heavy atom. The second kappa shape index (κ2) is 6.83. The topological polar surface area (TPSA) is 9.23 Å². The highest BCUT2D eigenvalue weighted by atomic mass is 19.1. The van der Waals surface area contributed by atoms with Crippen molar-refractivity contribution in [1.82, 2.24) is 0 Å². The van der Waals surface area contributed by atoms with E-state index in [9.17, 15) is 8.78 Å². The van der Waals surface area contributed by atoms with Crippen molar-refractivity contribution < 1.29 is 13.5 Å². The number of hydrogen-bond acceptors (Lipinski definition) is 1. The zero-order chi connectivity index (χ0) is 17.1. The molecule has 0 aliphatic rings. The van der Waals surface area contributed by atoms with E-state index in [-0.39, 0.29) is 11.1 Å². The molecule has 0 amide bonds. The van der Waals surface area contributed by atoms with Gasteiger partial charge >= 0.3 is 0 Å². The molecule has 0 aromatic heterocycles. The summed E-state index contributed by atoms with van der Waals surface area (Å²) in [5, 5.41) is 0. The summed E-state index contributed by atoms with van der Waals surface area (Å²) in [5.41, 5.74) is 2.72. The van der Waals surface area contributed by atoms with Crippen molar-refractivity contribution in [2.24, 2.45) is 0 Å². The van der Waals surface area contributed by atoms with Gasteiger partial charge in [0, 0.05) is 16.7 Å². The third-order valence-electron chi connectivity index (χ3n) is 4.14. The number of benzene rings is 3. The fourth-order valence-electron chi connectivity index (χ4n) is 2.92. The van der Waals surface area contributed by atoms with Crippen molar-refractivity contribution in [3.05, 3.63) is 77.9 Å². The highest BCUT2D eigenvalue weighted by molar-refractivity contribution is 5.76. The van der Waals surface area contributed by atoms with E-state index in [2.05, 4.69) is 0 Å². The van der Waals surface area contributed by atoms with Gasteiger partial charge in [0.25, 0.3) is 0 Å². The Morgan fingerprint density at radius 1 is 0.750 bits per heavy atom. The van der Waals surface area contributed by atoms with Crippen molar-refractivity contribution in [3.63, 3.8) is 0 Å². The molecule has 0 N–H and O–H groups in total. The molecule has 1 nitrogen and oxygen atoms in total. The van der Waals surface area contributed by atoms with E-state index in [4.69, 9.17) is 4.74 Å². The smallest absolute Gasteiger partial charge is 0.131 e. The van der Waals surface area contributed by atoms with Crippen LogP contribution < -0.4 is 4.74 Å². The summed E-state index contributed by atoms with van der Waals surface area (Å²) in [6, 6.07) is 17.0.